The third-order valence-electron chi connectivity index (χ3n) is 2.58. The second-order valence-electron chi connectivity index (χ2n) is 6.60. The summed E-state index contributed by atoms with van der Waals surface area (Å²) in [5.74, 6) is -0.215. The maximum Gasteiger partial charge on any atom is 0.326 e. The Bertz CT molecular complexity index is 284. The van der Waals surface area contributed by atoms with E-state index in [2.05, 4.69) is 5.32 Å². The zero-order valence-corrected chi connectivity index (χ0v) is 13.8. The Labute approximate surface area is 118 Å². The molecule has 0 bridgehead atoms. The molecule has 0 aromatic carbocycles. The molecule has 0 rings (SSSR count). The minimum absolute atomic E-state index is 0.0272. The van der Waals surface area contributed by atoms with Gasteiger partial charge in [-0.25, -0.2) is 0 Å². The molecule has 4 nitrogen and oxygen atoms in total. The lowest BCUT2D eigenvalue weighted by Crippen LogP contribution is -2.55. The van der Waals surface area contributed by atoms with Crippen molar-refractivity contribution in [3.8, 4) is 0 Å². The molecule has 4 heteroatoms. The molecule has 0 amide bonds. The summed E-state index contributed by atoms with van der Waals surface area (Å²) >= 11 is 0. The predicted octanol–water partition coefficient (Wildman–Crippen LogP) is 2.90. The fourth-order valence-electron chi connectivity index (χ4n) is 2.35. The van der Waals surface area contributed by atoms with Gasteiger partial charge in [-0.3, -0.25) is 10.1 Å². The van der Waals surface area contributed by atoms with Gasteiger partial charge in [0.1, 0.15) is 5.54 Å². The predicted molar refractivity (Wildman–Crippen MR) is 78.2 cm³/mol. The van der Waals surface area contributed by atoms with Gasteiger partial charge in [0.2, 0.25) is 0 Å². The number of nitrogens with one attached hydrogen (secondary N) is 1. The van der Waals surface area contributed by atoms with Crippen LogP contribution in [0.3, 0.4) is 0 Å². The third-order valence-corrected chi connectivity index (χ3v) is 2.58. The highest BCUT2D eigenvalue weighted by Crippen LogP contribution is 2.21. The van der Waals surface area contributed by atoms with Gasteiger partial charge >= 0.3 is 5.97 Å². The topological polar surface area (TPSA) is 47.6 Å². The van der Waals surface area contributed by atoms with Gasteiger partial charge in [0, 0.05) is 12.5 Å². The van der Waals surface area contributed by atoms with Crippen LogP contribution in [0.5, 0.6) is 0 Å². The molecular weight excluding hydrogens is 242 g/mol. The Morgan fingerprint density at radius 3 is 2.05 bits per heavy atom. The molecular formula is C15H31NO3. The number of esters is 1. The Morgan fingerprint density at radius 2 is 1.68 bits per heavy atom. The Morgan fingerprint density at radius 1 is 1.16 bits per heavy atom. The van der Waals surface area contributed by atoms with E-state index in [-0.39, 0.29) is 23.7 Å². The lowest BCUT2D eigenvalue weighted by Gasteiger charge is -2.35. The van der Waals surface area contributed by atoms with E-state index in [1.807, 2.05) is 55.4 Å². The molecule has 2 unspecified atom stereocenters. The highest BCUT2D eigenvalue weighted by Gasteiger charge is 2.37. The number of ether oxygens (including phenoxy) is 2. The first-order chi connectivity index (χ1) is 8.50. The first-order valence-corrected chi connectivity index (χ1v) is 7.13. The molecule has 0 aliphatic carbocycles. The molecule has 0 fully saturated rings. The van der Waals surface area contributed by atoms with E-state index in [4.69, 9.17) is 9.47 Å². The molecule has 1 N–H and O–H groups in total. The molecule has 0 saturated heterocycles. The minimum atomic E-state index is -0.713. The van der Waals surface area contributed by atoms with Crippen molar-refractivity contribution in [2.24, 2.45) is 0 Å². The van der Waals surface area contributed by atoms with Gasteiger partial charge < -0.3 is 9.47 Å². The SMILES string of the molecule is CCOC(=O)C(C)(CC(C)OC(C)(C)C)NC(C)C. The van der Waals surface area contributed by atoms with Gasteiger partial charge in [-0.1, -0.05) is 0 Å². The van der Waals surface area contributed by atoms with E-state index in [0.717, 1.165) is 0 Å². The fraction of sp³-hybridized carbons (Fsp3) is 0.933. The number of hydrogen-bond acceptors (Lipinski definition) is 4. The summed E-state index contributed by atoms with van der Waals surface area (Å²) in [6.45, 7) is 16.2. The van der Waals surface area contributed by atoms with Crippen molar-refractivity contribution >= 4 is 5.97 Å². The van der Waals surface area contributed by atoms with Crippen molar-refractivity contribution in [1.82, 2.24) is 5.32 Å². The molecule has 114 valence electrons. The summed E-state index contributed by atoms with van der Waals surface area (Å²) in [5.41, 5.74) is -0.929. The van der Waals surface area contributed by atoms with Crippen LogP contribution in [-0.4, -0.2) is 35.9 Å². The van der Waals surface area contributed by atoms with E-state index in [1.165, 1.54) is 0 Å². The molecule has 0 spiro atoms. The van der Waals surface area contributed by atoms with Crippen LogP contribution in [0.2, 0.25) is 0 Å². The lowest BCUT2D eigenvalue weighted by molar-refractivity contribution is -0.154. The van der Waals surface area contributed by atoms with Gasteiger partial charge in [0.05, 0.1) is 18.3 Å². The van der Waals surface area contributed by atoms with Crippen LogP contribution in [0.1, 0.15) is 61.8 Å². The molecule has 0 aromatic rings. The lowest BCUT2D eigenvalue weighted by atomic mass is 9.93. The standard InChI is InChI=1S/C15H31NO3/c1-9-18-13(17)15(8,16-11(2)3)10-12(4)19-14(5,6)7/h11-12,16H,9-10H2,1-8H3. The van der Waals surface area contributed by atoms with Crippen molar-refractivity contribution < 1.29 is 14.3 Å². The van der Waals surface area contributed by atoms with E-state index < -0.39 is 5.54 Å². The van der Waals surface area contributed by atoms with Crippen LogP contribution in [0, 0.1) is 0 Å². The zero-order valence-electron chi connectivity index (χ0n) is 13.8. The largest absolute Gasteiger partial charge is 0.465 e. The summed E-state index contributed by atoms with van der Waals surface area (Å²) in [5, 5.41) is 3.30. The smallest absolute Gasteiger partial charge is 0.326 e. The van der Waals surface area contributed by atoms with E-state index in [1.54, 1.807) is 0 Å². The van der Waals surface area contributed by atoms with E-state index in [0.29, 0.717) is 13.0 Å². The molecule has 0 saturated carbocycles. The van der Waals surface area contributed by atoms with Crippen LogP contribution < -0.4 is 5.32 Å². The zero-order chi connectivity index (χ0) is 15.3. The van der Waals surface area contributed by atoms with Gasteiger partial charge in [-0.05, 0) is 55.4 Å². The number of hydrogen-bond donors (Lipinski definition) is 1. The third kappa shape index (κ3) is 7.53. The highest BCUT2D eigenvalue weighted by atomic mass is 16.5. The molecule has 2 atom stereocenters. The summed E-state index contributed by atoms with van der Waals surface area (Å²) in [6.07, 6.45) is 0.557. The Balaban J connectivity index is 4.80. The maximum absolute atomic E-state index is 12.2. The van der Waals surface area contributed by atoms with Gasteiger partial charge in [0.15, 0.2) is 0 Å². The molecule has 0 aliphatic rings. The highest BCUT2D eigenvalue weighted by molar-refractivity contribution is 5.80. The van der Waals surface area contributed by atoms with Crippen molar-refractivity contribution in [3.05, 3.63) is 0 Å². The number of carbonyl (C=O) groups is 1. The van der Waals surface area contributed by atoms with Crippen LogP contribution in [0.4, 0.5) is 0 Å². The van der Waals surface area contributed by atoms with Crippen LogP contribution in [0.25, 0.3) is 0 Å². The molecule has 0 aromatic heterocycles. The second-order valence-corrected chi connectivity index (χ2v) is 6.60. The first kappa shape index (κ1) is 18.4. The van der Waals surface area contributed by atoms with Crippen molar-refractivity contribution in [3.63, 3.8) is 0 Å². The number of carbonyl (C=O) groups excluding carboxylic acids is 1. The van der Waals surface area contributed by atoms with Crippen LogP contribution in [0.15, 0.2) is 0 Å². The van der Waals surface area contributed by atoms with Crippen LogP contribution in [-0.2, 0) is 14.3 Å². The van der Waals surface area contributed by atoms with Gasteiger partial charge in [0.25, 0.3) is 0 Å². The molecule has 0 radical (unpaired) electrons. The summed E-state index contributed by atoms with van der Waals surface area (Å²) in [7, 11) is 0. The quantitative estimate of drug-likeness (QED) is 0.725. The Hall–Kier alpha value is -0.610. The average molecular weight is 273 g/mol. The maximum atomic E-state index is 12.2. The van der Waals surface area contributed by atoms with Gasteiger partial charge in [-0.2, -0.15) is 0 Å². The molecule has 19 heavy (non-hydrogen) atoms. The average Bonchev–Trinajstić information content (AvgIpc) is 2.12. The second kappa shape index (κ2) is 7.25. The summed E-state index contributed by atoms with van der Waals surface area (Å²) in [6, 6.07) is 0.205. The minimum Gasteiger partial charge on any atom is -0.465 e. The summed E-state index contributed by atoms with van der Waals surface area (Å²) in [4.78, 5) is 12.2. The molecule has 0 aliphatic heterocycles. The first-order valence-electron chi connectivity index (χ1n) is 7.13. The van der Waals surface area contributed by atoms with Crippen molar-refractivity contribution in [2.75, 3.05) is 6.61 Å². The molecule has 0 heterocycles. The van der Waals surface area contributed by atoms with E-state index >= 15 is 0 Å². The summed E-state index contributed by atoms with van der Waals surface area (Å²) < 4.78 is 11.1. The van der Waals surface area contributed by atoms with Crippen molar-refractivity contribution in [2.45, 2.75) is 85.1 Å². The van der Waals surface area contributed by atoms with Crippen LogP contribution >= 0.6 is 0 Å². The van der Waals surface area contributed by atoms with Crippen molar-refractivity contribution in [1.29, 1.82) is 0 Å². The van der Waals surface area contributed by atoms with Gasteiger partial charge in [-0.15, -0.1) is 0 Å². The normalized spacial score (nSPS) is 17.1. The Kier molecular flexibility index (Phi) is 7.01. The fourth-order valence-corrected chi connectivity index (χ4v) is 2.35. The van der Waals surface area contributed by atoms with E-state index in [9.17, 15) is 4.79 Å². The monoisotopic (exact) mass is 273 g/mol. The number of rotatable bonds is 7.